The Hall–Kier alpha value is -3.29. The Balaban J connectivity index is 1.51. The second kappa shape index (κ2) is 10.6. The molecule has 2 aromatic carbocycles. The van der Waals surface area contributed by atoms with Crippen molar-refractivity contribution in [2.75, 3.05) is 38.7 Å². The van der Waals surface area contributed by atoms with Gasteiger partial charge in [0.2, 0.25) is 0 Å². The van der Waals surface area contributed by atoms with E-state index in [4.69, 9.17) is 4.74 Å². The highest BCUT2D eigenvalue weighted by Crippen LogP contribution is 2.29. The van der Waals surface area contributed by atoms with Crippen molar-refractivity contribution < 1.29 is 13.9 Å². The van der Waals surface area contributed by atoms with Gasteiger partial charge in [0, 0.05) is 43.9 Å². The molecule has 0 bridgehead atoms. The van der Waals surface area contributed by atoms with Crippen LogP contribution in [0.4, 0.5) is 14.9 Å². The molecule has 2 atom stereocenters. The molecular formula is C26H29FN4O2. The molecule has 2 unspecified atom stereocenters. The molecule has 0 radical (unpaired) electrons. The van der Waals surface area contributed by atoms with Gasteiger partial charge in [0.1, 0.15) is 5.82 Å². The van der Waals surface area contributed by atoms with Crippen molar-refractivity contribution in [1.82, 2.24) is 15.2 Å². The lowest BCUT2D eigenvalue weighted by atomic mass is 9.94. The first-order valence-corrected chi connectivity index (χ1v) is 11.1. The maximum absolute atomic E-state index is 13.5. The lowest BCUT2D eigenvalue weighted by Crippen LogP contribution is -2.42. The van der Waals surface area contributed by atoms with E-state index in [1.54, 1.807) is 19.2 Å². The largest absolute Gasteiger partial charge is 0.383 e. The fourth-order valence-electron chi connectivity index (χ4n) is 4.28. The van der Waals surface area contributed by atoms with Crippen LogP contribution in [0.3, 0.4) is 0 Å². The first-order valence-electron chi connectivity index (χ1n) is 11.1. The number of carbonyl (C=O) groups is 1. The number of methoxy groups -OCH3 is 1. The van der Waals surface area contributed by atoms with Crippen LogP contribution < -0.4 is 10.6 Å². The molecule has 1 aromatic heterocycles. The number of aromatic nitrogens is 1. The zero-order valence-corrected chi connectivity index (χ0v) is 18.9. The Morgan fingerprint density at radius 2 is 1.85 bits per heavy atom. The molecule has 1 saturated heterocycles. The van der Waals surface area contributed by atoms with Gasteiger partial charge in [0.15, 0.2) is 0 Å². The van der Waals surface area contributed by atoms with E-state index in [-0.39, 0.29) is 23.8 Å². The summed E-state index contributed by atoms with van der Waals surface area (Å²) in [5, 5.41) is 6.12. The molecule has 2 heterocycles. The summed E-state index contributed by atoms with van der Waals surface area (Å²) in [6.45, 7) is 4.77. The number of rotatable bonds is 7. The molecule has 0 spiro atoms. The van der Waals surface area contributed by atoms with Crippen LogP contribution in [0.5, 0.6) is 0 Å². The van der Waals surface area contributed by atoms with E-state index in [1.807, 2.05) is 49.4 Å². The minimum atomic E-state index is -0.288. The molecule has 3 aromatic rings. The Bertz CT molecular complexity index is 1080. The number of pyridine rings is 1. The zero-order chi connectivity index (χ0) is 23.2. The van der Waals surface area contributed by atoms with Gasteiger partial charge >= 0.3 is 6.03 Å². The van der Waals surface area contributed by atoms with Crippen molar-refractivity contribution in [1.29, 1.82) is 0 Å². The van der Waals surface area contributed by atoms with Crippen LogP contribution in [0.2, 0.25) is 0 Å². The van der Waals surface area contributed by atoms with Crippen LogP contribution in [-0.4, -0.2) is 55.3 Å². The topological polar surface area (TPSA) is 66.5 Å². The van der Waals surface area contributed by atoms with Crippen molar-refractivity contribution in [3.63, 3.8) is 0 Å². The van der Waals surface area contributed by atoms with Crippen molar-refractivity contribution >= 4 is 11.7 Å². The lowest BCUT2D eigenvalue weighted by molar-refractivity contribution is 0.159. The van der Waals surface area contributed by atoms with Gasteiger partial charge in [0.05, 0.1) is 24.0 Å². The van der Waals surface area contributed by atoms with Gasteiger partial charge in [-0.05, 0) is 36.8 Å². The molecule has 6 nitrogen and oxygen atoms in total. The summed E-state index contributed by atoms with van der Waals surface area (Å²) in [5.74, 6) is -0.214. The van der Waals surface area contributed by atoms with Gasteiger partial charge in [-0.3, -0.25) is 9.88 Å². The molecule has 1 aliphatic heterocycles. The van der Waals surface area contributed by atoms with Crippen molar-refractivity contribution in [3.05, 3.63) is 83.8 Å². The highest BCUT2D eigenvalue weighted by atomic mass is 19.1. The molecule has 0 aliphatic carbocycles. The molecule has 1 aliphatic rings. The second-order valence-electron chi connectivity index (χ2n) is 8.33. The minimum Gasteiger partial charge on any atom is -0.383 e. The highest BCUT2D eigenvalue weighted by molar-refractivity contribution is 5.93. The van der Waals surface area contributed by atoms with Crippen LogP contribution in [0, 0.1) is 12.7 Å². The van der Waals surface area contributed by atoms with E-state index in [1.165, 1.54) is 12.1 Å². The fraction of sp³-hybridized carbons (Fsp3) is 0.308. The van der Waals surface area contributed by atoms with Gasteiger partial charge < -0.3 is 15.4 Å². The zero-order valence-electron chi connectivity index (χ0n) is 18.9. The molecule has 7 heteroatoms. The normalized spacial score (nSPS) is 18.3. The van der Waals surface area contributed by atoms with E-state index < -0.39 is 0 Å². The first kappa shape index (κ1) is 22.9. The Morgan fingerprint density at radius 3 is 2.58 bits per heavy atom. The summed E-state index contributed by atoms with van der Waals surface area (Å²) in [4.78, 5) is 19.9. The summed E-state index contributed by atoms with van der Waals surface area (Å²) in [7, 11) is 1.68. The van der Waals surface area contributed by atoms with Crippen LogP contribution >= 0.6 is 0 Å². The summed E-state index contributed by atoms with van der Waals surface area (Å²) in [6.07, 6.45) is 0. The molecule has 2 amide bonds. The predicted molar refractivity (Wildman–Crippen MR) is 128 cm³/mol. The van der Waals surface area contributed by atoms with Gasteiger partial charge in [0.25, 0.3) is 0 Å². The van der Waals surface area contributed by atoms with Gasteiger partial charge in [-0.15, -0.1) is 0 Å². The molecule has 172 valence electrons. The number of likely N-dealkylation sites (tertiary alicyclic amines) is 1. The van der Waals surface area contributed by atoms with E-state index in [0.717, 1.165) is 35.6 Å². The standard InChI is InChI=1S/C26H29FN4O2/c1-18-8-13-23(25(28-18)20-6-4-3-5-7-20)29-26(32)30-24-17-31(14-15-33-2)16-22(24)19-9-11-21(27)12-10-19/h3-13,22,24H,14-17H2,1-2H3,(H2,29,30,32). The van der Waals surface area contributed by atoms with Crippen LogP contribution in [0.1, 0.15) is 17.2 Å². The Kier molecular flexibility index (Phi) is 7.32. The summed E-state index contributed by atoms with van der Waals surface area (Å²) >= 11 is 0. The van der Waals surface area contributed by atoms with Crippen molar-refractivity contribution in [2.24, 2.45) is 0 Å². The quantitative estimate of drug-likeness (QED) is 0.561. The van der Waals surface area contributed by atoms with Crippen LogP contribution in [0.15, 0.2) is 66.7 Å². The number of aryl methyl sites for hydroxylation is 1. The summed E-state index contributed by atoms with van der Waals surface area (Å²) < 4.78 is 18.7. The number of anilines is 1. The van der Waals surface area contributed by atoms with Gasteiger partial charge in [-0.1, -0.05) is 42.5 Å². The van der Waals surface area contributed by atoms with E-state index in [9.17, 15) is 9.18 Å². The monoisotopic (exact) mass is 448 g/mol. The van der Waals surface area contributed by atoms with Gasteiger partial charge in [-0.2, -0.15) is 0 Å². The number of halogens is 1. The first-order chi connectivity index (χ1) is 16.0. The summed E-state index contributed by atoms with van der Waals surface area (Å²) in [5.41, 5.74) is 4.20. The number of hydrogen-bond acceptors (Lipinski definition) is 4. The van der Waals surface area contributed by atoms with Crippen LogP contribution in [0.25, 0.3) is 11.3 Å². The van der Waals surface area contributed by atoms with Crippen LogP contribution in [-0.2, 0) is 4.74 Å². The Morgan fingerprint density at radius 1 is 1.09 bits per heavy atom. The molecule has 1 fully saturated rings. The summed E-state index contributed by atoms with van der Waals surface area (Å²) in [6, 6.07) is 19.7. The smallest absolute Gasteiger partial charge is 0.319 e. The van der Waals surface area contributed by atoms with E-state index >= 15 is 0 Å². The number of nitrogens with zero attached hydrogens (tertiary/aromatic N) is 2. The lowest BCUT2D eigenvalue weighted by Gasteiger charge is -2.21. The highest BCUT2D eigenvalue weighted by Gasteiger charge is 2.34. The number of benzene rings is 2. The molecule has 0 saturated carbocycles. The molecule has 33 heavy (non-hydrogen) atoms. The predicted octanol–water partition coefficient (Wildman–Crippen LogP) is 4.43. The SMILES string of the molecule is COCCN1CC(NC(=O)Nc2ccc(C)nc2-c2ccccc2)C(c2ccc(F)cc2)C1. The number of ether oxygens (including phenoxy) is 1. The second-order valence-corrected chi connectivity index (χ2v) is 8.33. The number of amides is 2. The number of urea groups is 1. The third-order valence-electron chi connectivity index (χ3n) is 5.95. The molecular weight excluding hydrogens is 419 g/mol. The number of hydrogen-bond donors (Lipinski definition) is 2. The number of nitrogens with one attached hydrogen (secondary N) is 2. The average molecular weight is 449 g/mol. The molecule has 4 rings (SSSR count). The van der Waals surface area contributed by atoms with E-state index in [2.05, 4.69) is 20.5 Å². The third kappa shape index (κ3) is 5.74. The van der Waals surface area contributed by atoms with Gasteiger partial charge in [-0.25, -0.2) is 9.18 Å². The maximum Gasteiger partial charge on any atom is 0.319 e. The van der Waals surface area contributed by atoms with E-state index in [0.29, 0.717) is 18.8 Å². The molecule has 2 N–H and O–H groups in total. The fourth-order valence-corrected chi connectivity index (χ4v) is 4.28. The van der Waals surface area contributed by atoms with Crippen molar-refractivity contribution in [2.45, 2.75) is 18.9 Å². The third-order valence-corrected chi connectivity index (χ3v) is 5.95. The number of carbonyl (C=O) groups excluding carboxylic acids is 1. The average Bonchev–Trinajstić information content (AvgIpc) is 3.22. The minimum absolute atomic E-state index is 0.0537. The Labute approximate surface area is 193 Å². The maximum atomic E-state index is 13.5. The van der Waals surface area contributed by atoms with Crippen molar-refractivity contribution in [3.8, 4) is 11.3 Å².